The monoisotopic (exact) mass is 244 g/mol. The lowest BCUT2D eigenvalue weighted by Crippen LogP contribution is -2.45. The number of amides is 1. The highest BCUT2D eigenvalue weighted by Gasteiger charge is 2.40. The summed E-state index contributed by atoms with van der Waals surface area (Å²) in [4.78, 5) is 24.3. The van der Waals surface area contributed by atoms with E-state index in [1.165, 1.54) is 4.90 Å². The minimum absolute atomic E-state index is 0.0933. The maximum absolute atomic E-state index is 12.1. The third kappa shape index (κ3) is 3.17. The van der Waals surface area contributed by atoms with Crippen molar-refractivity contribution in [1.82, 2.24) is 4.90 Å². The molecule has 0 saturated carbocycles. The van der Waals surface area contributed by atoms with Crippen LogP contribution in [0.1, 0.15) is 26.2 Å². The van der Waals surface area contributed by atoms with E-state index in [1.54, 1.807) is 0 Å². The first kappa shape index (κ1) is 13.9. The minimum atomic E-state index is -1.07. The number of carboxylic acid groups (broad SMARTS) is 1. The van der Waals surface area contributed by atoms with E-state index in [2.05, 4.69) is 0 Å². The van der Waals surface area contributed by atoms with E-state index >= 15 is 0 Å². The Morgan fingerprint density at radius 1 is 1.53 bits per heavy atom. The van der Waals surface area contributed by atoms with Crippen molar-refractivity contribution in [1.29, 1.82) is 0 Å². The smallest absolute Gasteiger partial charge is 0.326 e. The van der Waals surface area contributed by atoms with Crippen molar-refractivity contribution < 1.29 is 19.8 Å². The second kappa shape index (κ2) is 5.97. The van der Waals surface area contributed by atoms with Gasteiger partial charge in [0.15, 0.2) is 0 Å². The summed E-state index contributed by atoms with van der Waals surface area (Å²) in [5, 5.41) is 18.5. The predicted octanol–water partition coefficient (Wildman–Crippen LogP) is -0.592. The fraction of sp³-hybridized carbons (Fsp3) is 0.818. The zero-order chi connectivity index (χ0) is 13.0. The number of likely N-dealkylation sites (tertiary alicyclic amines) is 1. The minimum Gasteiger partial charge on any atom is -0.480 e. The molecule has 4 N–H and O–H groups in total. The van der Waals surface area contributed by atoms with Gasteiger partial charge in [0.1, 0.15) is 6.04 Å². The van der Waals surface area contributed by atoms with Crippen LogP contribution in [0.25, 0.3) is 0 Å². The van der Waals surface area contributed by atoms with Crippen LogP contribution in [-0.4, -0.2) is 52.2 Å². The summed E-state index contributed by atoms with van der Waals surface area (Å²) in [6.45, 7) is 2.26. The predicted molar refractivity (Wildman–Crippen MR) is 61.2 cm³/mol. The van der Waals surface area contributed by atoms with E-state index in [0.29, 0.717) is 6.42 Å². The first-order valence-corrected chi connectivity index (χ1v) is 5.92. The summed E-state index contributed by atoms with van der Waals surface area (Å²) in [6, 6.07) is -0.914. The molecular weight excluding hydrogens is 224 g/mol. The van der Waals surface area contributed by atoms with Crippen LogP contribution in [0.5, 0.6) is 0 Å². The number of carboxylic acids is 1. The first-order chi connectivity index (χ1) is 8.01. The lowest BCUT2D eigenvalue weighted by atomic mass is 10.0. The van der Waals surface area contributed by atoms with Crippen LogP contribution in [0.3, 0.4) is 0 Å². The Labute approximate surface area is 100 Å². The average molecular weight is 244 g/mol. The molecule has 6 heteroatoms. The van der Waals surface area contributed by atoms with Gasteiger partial charge in [-0.15, -0.1) is 0 Å². The van der Waals surface area contributed by atoms with Gasteiger partial charge in [0.25, 0.3) is 0 Å². The van der Waals surface area contributed by atoms with Gasteiger partial charge in [0, 0.05) is 19.5 Å². The maximum Gasteiger partial charge on any atom is 0.326 e. The quantitative estimate of drug-likeness (QED) is 0.599. The molecule has 0 aromatic carbocycles. The number of aliphatic hydroxyl groups is 1. The second-order valence-electron chi connectivity index (χ2n) is 4.46. The Morgan fingerprint density at radius 2 is 2.18 bits per heavy atom. The summed E-state index contributed by atoms with van der Waals surface area (Å²) in [5.41, 5.74) is 5.53. The molecule has 0 aromatic heterocycles. The molecule has 1 rings (SSSR count). The number of nitrogens with zero attached hydrogens (tertiary/aromatic N) is 1. The lowest BCUT2D eigenvalue weighted by Gasteiger charge is -2.25. The molecule has 17 heavy (non-hydrogen) atoms. The van der Waals surface area contributed by atoms with E-state index in [1.807, 2.05) is 6.92 Å². The van der Waals surface area contributed by atoms with E-state index in [-0.39, 0.29) is 31.3 Å². The van der Waals surface area contributed by atoms with Crippen LogP contribution >= 0.6 is 0 Å². The molecule has 6 nitrogen and oxygen atoms in total. The molecule has 3 atom stereocenters. The van der Waals surface area contributed by atoms with E-state index in [4.69, 9.17) is 10.8 Å². The van der Waals surface area contributed by atoms with E-state index in [9.17, 15) is 14.7 Å². The molecular formula is C11H20N2O4. The van der Waals surface area contributed by atoms with Crippen LogP contribution in [0.4, 0.5) is 0 Å². The molecule has 1 fully saturated rings. The normalized spacial score (nSPS) is 25.9. The van der Waals surface area contributed by atoms with Crippen molar-refractivity contribution in [3.63, 3.8) is 0 Å². The van der Waals surface area contributed by atoms with Gasteiger partial charge in [0.05, 0.1) is 12.0 Å². The topological polar surface area (TPSA) is 104 Å². The first-order valence-electron chi connectivity index (χ1n) is 5.92. The fourth-order valence-electron chi connectivity index (χ4n) is 2.22. The van der Waals surface area contributed by atoms with E-state index in [0.717, 1.165) is 6.42 Å². The molecule has 1 amide bonds. The van der Waals surface area contributed by atoms with Gasteiger partial charge in [-0.1, -0.05) is 13.3 Å². The third-order valence-corrected chi connectivity index (χ3v) is 3.12. The molecule has 1 saturated heterocycles. The highest BCUT2D eigenvalue weighted by molar-refractivity contribution is 5.86. The van der Waals surface area contributed by atoms with Crippen molar-refractivity contribution in [2.24, 2.45) is 11.7 Å². The van der Waals surface area contributed by atoms with Crippen LogP contribution < -0.4 is 5.73 Å². The SMILES string of the molecule is CCCC(CN)C(=O)N1CC(O)CC1C(=O)O. The van der Waals surface area contributed by atoms with Crippen LogP contribution in [0.2, 0.25) is 0 Å². The number of carbonyl (C=O) groups is 2. The molecule has 1 aliphatic rings. The zero-order valence-electron chi connectivity index (χ0n) is 10.0. The molecule has 1 aliphatic heterocycles. The Bertz CT molecular complexity index is 295. The van der Waals surface area contributed by atoms with Gasteiger partial charge in [-0.05, 0) is 6.42 Å². The Morgan fingerprint density at radius 3 is 2.65 bits per heavy atom. The second-order valence-corrected chi connectivity index (χ2v) is 4.46. The molecule has 1 heterocycles. The van der Waals surface area contributed by atoms with Crippen LogP contribution in [0.15, 0.2) is 0 Å². The van der Waals surface area contributed by atoms with Crippen molar-refractivity contribution >= 4 is 11.9 Å². The van der Waals surface area contributed by atoms with Gasteiger partial charge in [0.2, 0.25) is 5.91 Å². The van der Waals surface area contributed by atoms with Crippen molar-refractivity contribution in [3.05, 3.63) is 0 Å². The average Bonchev–Trinajstić information content (AvgIpc) is 2.67. The number of hydrogen-bond donors (Lipinski definition) is 3. The summed E-state index contributed by atoms with van der Waals surface area (Å²) < 4.78 is 0. The number of rotatable bonds is 5. The van der Waals surface area contributed by atoms with Gasteiger partial charge < -0.3 is 20.8 Å². The number of hydrogen-bond acceptors (Lipinski definition) is 4. The van der Waals surface area contributed by atoms with Gasteiger partial charge in [-0.25, -0.2) is 4.79 Å². The molecule has 0 aromatic rings. The Hall–Kier alpha value is -1.14. The highest BCUT2D eigenvalue weighted by Crippen LogP contribution is 2.21. The third-order valence-electron chi connectivity index (χ3n) is 3.12. The summed E-state index contributed by atoms with van der Waals surface area (Å²) in [7, 11) is 0. The number of aliphatic carboxylic acids is 1. The largest absolute Gasteiger partial charge is 0.480 e. The zero-order valence-corrected chi connectivity index (χ0v) is 10.0. The van der Waals surface area contributed by atoms with Gasteiger partial charge in [-0.3, -0.25) is 4.79 Å². The molecule has 0 aliphatic carbocycles. The summed E-state index contributed by atoms with van der Waals surface area (Å²) >= 11 is 0. The van der Waals surface area contributed by atoms with E-state index < -0.39 is 18.1 Å². The Balaban J connectivity index is 2.75. The van der Waals surface area contributed by atoms with Crippen molar-refractivity contribution in [2.45, 2.75) is 38.3 Å². The molecule has 0 radical (unpaired) electrons. The number of aliphatic hydroxyl groups excluding tert-OH is 1. The Kier molecular flexibility index (Phi) is 4.89. The number of β-amino-alcohol motifs (C(OH)–C–C–N with tert-alkyl or cyclic N) is 1. The standard InChI is InChI=1S/C11H20N2O4/c1-2-3-7(5-12)10(15)13-6-8(14)4-9(13)11(16)17/h7-9,14H,2-6,12H2,1H3,(H,16,17). The molecule has 0 bridgehead atoms. The van der Waals surface area contributed by atoms with Gasteiger partial charge in [-0.2, -0.15) is 0 Å². The number of carbonyl (C=O) groups excluding carboxylic acids is 1. The number of nitrogens with two attached hydrogens (primary N) is 1. The maximum atomic E-state index is 12.1. The molecule has 0 spiro atoms. The van der Waals surface area contributed by atoms with Crippen molar-refractivity contribution in [3.8, 4) is 0 Å². The lowest BCUT2D eigenvalue weighted by molar-refractivity contribution is -0.149. The van der Waals surface area contributed by atoms with Crippen LogP contribution in [0, 0.1) is 5.92 Å². The summed E-state index contributed by atoms with van der Waals surface area (Å²) in [6.07, 6.45) is 0.820. The molecule has 98 valence electrons. The molecule has 3 unspecified atom stereocenters. The van der Waals surface area contributed by atoms with Gasteiger partial charge >= 0.3 is 5.97 Å². The van der Waals surface area contributed by atoms with Crippen molar-refractivity contribution in [2.75, 3.05) is 13.1 Å². The highest BCUT2D eigenvalue weighted by atomic mass is 16.4. The fourth-order valence-corrected chi connectivity index (χ4v) is 2.22. The van der Waals surface area contributed by atoms with Crippen LogP contribution in [-0.2, 0) is 9.59 Å². The summed E-state index contributed by atoms with van der Waals surface area (Å²) in [5.74, 6) is -1.66.